The molecule has 0 atom stereocenters. The Hall–Kier alpha value is -2.87. The van der Waals surface area contributed by atoms with Crippen molar-refractivity contribution in [1.82, 2.24) is 15.3 Å². The highest BCUT2D eigenvalue weighted by molar-refractivity contribution is 5.98. The average molecular weight is 342 g/mol. The van der Waals surface area contributed by atoms with Gasteiger partial charge in [0.1, 0.15) is 17.1 Å². The van der Waals surface area contributed by atoms with Crippen LogP contribution in [-0.4, -0.2) is 49.2 Å². The minimum Gasteiger partial charge on any atom is -0.495 e. The van der Waals surface area contributed by atoms with Crippen LogP contribution in [0.4, 0.5) is 17.5 Å². The topological polar surface area (TPSA) is 105 Å². The predicted molar refractivity (Wildman–Crippen MR) is 96.5 cm³/mol. The van der Waals surface area contributed by atoms with E-state index in [9.17, 15) is 4.79 Å². The number of nitrogens with two attached hydrogens (primary N) is 1. The summed E-state index contributed by atoms with van der Waals surface area (Å²) in [6.07, 6.45) is 2.48. The summed E-state index contributed by atoms with van der Waals surface area (Å²) in [6.45, 7) is 3.51. The van der Waals surface area contributed by atoms with Crippen molar-refractivity contribution in [2.24, 2.45) is 5.73 Å². The zero-order valence-corrected chi connectivity index (χ0v) is 14.2. The van der Waals surface area contributed by atoms with Gasteiger partial charge in [-0.2, -0.15) is 4.98 Å². The van der Waals surface area contributed by atoms with Crippen molar-refractivity contribution in [3.63, 3.8) is 0 Å². The van der Waals surface area contributed by atoms with Crippen LogP contribution in [-0.2, 0) is 0 Å². The predicted octanol–water partition coefficient (Wildman–Crippen LogP) is 1.13. The van der Waals surface area contributed by atoms with Crippen LogP contribution < -0.4 is 26.0 Å². The molecule has 2 aromatic rings. The van der Waals surface area contributed by atoms with Crippen molar-refractivity contribution in [3.8, 4) is 5.75 Å². The minimum absolute atomic E-state index is 0.239. The van der Waals surface area contributed by atoms with Gasteiger partial charge in [-0.1, -0.05) is 12.1 Å². The molecule has 0 bridgehead atoms. The highest BCUT2D eigenvalue weighted by Gasteiger charge is 2.18. The van der Waals surface area contributed by atoms with E-state index >= 15 is 0 Å². The second kappa shape index (κ2) is 7.80. The molecule has 0 unspecified atom stereocenters. The maximum Gasteiger partial charge on any atom is 0.254 e. The highest BCUT2D eigenvalue weighted by atomic mass is 16.5. The number of para-hydroxylation sites is 2. The first-order valence-electron chi connectivity index (χ1n) is 8.21. The van der Waals surface area contributed by atoms with Crippen LogP contribution >= 0.6 is 0 Å². The van der Waals surface area contributed by atoms with Gasteiger partial charge in [0.2, 0.25) is 5.95 Å². The van der Waals surface area contributed by atoms with Crippen LogP contribution in [0.5, 0.6) is 5.75 Å². The van der Waals surface area contributed by atoms with E-state index in [0.29, 0.717) is 23.2 Å². The molecule has 0 saturated carbocycles. The summed E-state index contributed by atoms with van der Waals surface area (Å²) in [5, 5.41) is 6.49. The summed E-state index contributed by atoms with van der Waals surface area (Å²) in [5.74, 6) is 1.02. The van der Waals surface area contributed by atoms with Gasteiger partial charge < -0.3 is 26.0 Å². The molecular formula is C17H22N6O2. The van der Waals surface area contributed by atoms with Crippen molar-refractivity contribution in [3.05, 3.63) is 36.0 Å². The molecule has 1 aliphatic rings. The minimum atomic E-state index is -0.582. The highest BCUT2D eigenvalue weighted by Crippen LogP contribution is 2.28. The maximum absolute atomic E-state index is 11.8. The number of carbonyl (C=O) groups is 1. The smallest absolute Gasteiger partial charge is 0.254 e. The first-order valence-corrected chi connectivity index (χ1v) is 8.21. The summed E-state index contributed by atoms with van der Waals surface area (Å²) in [6, 6.07) is 7.42. The van der Waals surface area contributed by atoms with E-state index in [1.165, 1.54) is 6.20 Å². The fraction of sp³-hybridized carbons (Fsp3) is 0.353. The Kier molecular flexibility index (Phi) is 5.30. The number of amides is 1. The number of hydrogen-bond donors (Lipinski definition) is 3. The number of carbonyl (C=O) groups excluding carboxylic acids is 1. The van der Waals surface area contributed by atoms with Crippen LogP contribution in [0.25, 0.3) is 0 Å². The molecule has 8 heteroatoms. The number of hydrogen-bond acceptors (Lipinski definition) is 7. The van der Waals surface area contributed by atoms with Crippen molar-refractivity contribution >= 4 is 23.4 Å². The molecule has 2 heterocycles. The summed E-state index contributed by atoms with van der Waals surface area (Å²) in [7, 11) is 1.59. The summed E-state index contributed by atoms with van der Waals surface area (Å²) in [4.78, 5) is 22.7. The van der Waals surface area contributed by atoms with E-state index in [0.717, 1.165) is 32.6 Å². The lowest BCUT2D eigenvalue weighted by Gasteiger charge is -2.21. The van der Waals surface area contributed by atoms with Crippen LogP contribution in [0.3, 0.4) is 0 Å². The lowest BCUT2D eigenvalue weighted by Crippen LogP contribution is -2.30. The van der Waals surface area contributed by atoms with Crippen molar-refractivity contribution < 1.29 is 9.53 Å². The lowest BCUT2D eigenvalue weighted by molar-refractivity contribution is 0.100. The van der Waals surface area contributed by atoms with Crippen LogP contribution in [0.2, 0.25) is 0 Å². The van der Waals surface area contributed by atoms with E-state index in [1.54, 1.807) is 7.11 Å². The molecule has 1 fully saturated rings. The fourth-order valence-electron chi connectivity index (χ4n) is 2.72. The van der Waals surface area contributed by atoms with Gasteiger partial charge in [-0.05, 0) is 25.1 Å². The molecule has 0 radical (unpaired) electrons. The Morgan fingerprint density at radius 2 is 2.16 bits per heavy atom. The number of benzene rings is 1. The molecule has 132 valence electrons. The summed E-state index contributed by atoms with van der Waals surface area (Å²) >= 11 is 0. The number of ether oxygens (including phenoxy) is 1. The Labute approximate surface area is 146 Å². The molecule has 1 aliphatic heterocycles. The fourth-order valence-corrected chi connectivity index (χ4v) is 2.72. The quantitative estimate of drug-likeness (QED) is 0.748. The largest absolute Gasteiger partial charge is 0.495 e. The number of methoxy groups -OCH3 is 1. The second-order valence-corrected chi connectivity index (χ2v) is 5.71. The number of aromatic nitrogens is 2. The molecule has 1 aromatic heterocycles. The van der Waals surface area contributed by atoms with Crippen molar-refractivity contribution in [2.75, 3.05) is 43.5 Å². The van der Waals surface area contributed by atoms with Gasteiger partial charge in [-0.25, -0.2) is 4.98 Å². The molecule has 1 aromatic carbocycles. The second-order valence-electron chi connectivity index (χ2n) is 5.71. The van der Waals surface area contributed by atoms with E-state index in [4.69, 9.17) is 10.5 Å². The van der Waals surface area contributed by atoms with Crippen LogP contribution in [0.1, 0.15) is 16.8 Å². The van der Waals surface area contributed by atoms with Crippen LogP contribution in [0, 0.1) is 0 Å². The Balaban J connectivity index is 1.94. The third-order valence-corrected chi connectivity index (χ3v) is 4.02. The third kappa shape index (κ3) is 3.97. The molecule has 8 nitrogen and oxygen atoms in total. The Morgan fingerprint density at radius 3 is 2.96 bits per heavy atom. The van der Waals surface area contributed by atoms with E-state index in [2.05, 4.69) is 25.5 Å². The van der Waals surface area contributed by atoms with Gasteiger partial charge in [0.05, 0.1) is 12.8 Å². The molecule has 1 amide bonds. The van der Waals surface area contributed by atoms with E-state index < -0.39 is 5.91 Å². The van der Waals surface area contributed by atoms with Crippen molar-refractivity contribution in [1.29, 1.82) is 0 Å². The normalized spacial score (nSPS) is 14.7. The summed E-state index contributed by atoms with van der Waals surface area (Å²) in [5.41, 5.74) is 6.42. The molecule has 4 N–H and O–H groups in total. The van der Waals surface area contributed by atoms with Gasteiger partial charge in [0.25, 0.3) is 5.91 Å². The molecule has 25 heavy (non-hydrogen) atoms. The molecule has 0 aliphatic carbocycles. The number of anilines is 3. The molecule has 1 saturated heterocycles. The zero-order valence-electron chi connectivity index (χ0n) is 14.2. The average Bonchev–Trinajstić information content (AvgIpc) is 2.91. The number of nitrogens with one attached hydrogen (secondary N) is 2. The van der Waals surface area contributed by atoms with Crippen LogP contribution in [0.15, 0.2) is 30.5 Å². The monoisotopic (exact) mass is 342 g/mol. The Bertz CT molecular complexity index is 744. The number of nitrogens with zero attached hydrogens (tertiary/aromatic N) is 3. The van der Waals surface area contributed by atoms with E-state index in [1.807, 2.05) is 24.3 Å². The molecule has 0 spiro atoms. The first kappa shape index (κ1) is 17.0. The maximum atomic E-state index is 11.8. The third-order valence-electron chi connectivity index (χ3n) is 4.02. The van der Waals surface area contributed by atoms with E-state index in [-0.39, 0.29) is 5.56 Å². The number of rotatable bonds is 5. The number of primary amides is 1. The molecular weight excluding hydrogens is 320 g/mol. The van der Waals surface area contributed by atoms with Gasteiger partial charge in [-0.15, -0.1) is 0 Å². The lowest BCUT2D eigenvalue weighted by atomic mass is 10.2. The zero-order chi connectivity index (χ0) is 17.6. The van der Waals surface area contributed by atoms with Gasteiger partial charge in [0, 0.05) is 25.8 Å². The summed E-state index contributed by atoms with van der Waals surface area (Å²) < 4.78 is 5.34. The Morgan fingerprint density at radius 1 is 1.32 bits per heavy atom. The molecule has 3 rings (SSSR count). The van der Waals surface area contributed by atoms with Gasteiger partial charge in [-0.3, -0.25) is 4.79 Å². The standard InChI is InChI=1S/C17H22N6O2/c1-25-14-6-3-2-5-13(14)21-16-12(15(18)24)11-20-17(22-16)23-9-4-7-19-8-10-23/h2-3,5-6,11,19H,4,7-10H2,1H3,(H2,18,24)(H,20,21,22). The first-order chi connectivity index (χ1) is 12.2. The van der Waals surface area contributed by atoms with Gasteiger partial charge >= 0.3 is 0 Å². The van der Waals surface area contributed by atoms with Crippen molar-refractivity contribution in [2.45, 2.75) is 6.42 Å². The SMILES string of the molecule is COc1ccccc1Nc1nc(N2CCCNCC2)ncc1C(N)=O. The van der Waals surface area contributed by atoms with Gasteiger partial charge in [0.15, 0.2) is 0 Å².